The molecule has 0 spiro atoms. The predicted octanol–water partition coefficient (Wildman–Crippen LogP) is 3.85. The van der Waals surface area contributed by atoms with Crippen molar-refractivity contribution in [2.45, 2.75) is 24.2 Å². The normalized spacial score (nSPS) is 11.8. The molecule has 32 heavy (non-hydrogen) atoms. The van der Waals surface area contributed by atoms with Gasteiger partial charge < -0.3 is 20.3 Å². The van der Waals surface area contributed by atoms with E-state index in [0.717, 1.165) is 0 Å². The summed E-state index contributed by atoms with van der Waals surface area (Å²) in [5.74, 6) is -1.78. The van der Waals surface area contributed by atoms with Crippen molar-refractivity contribution in [3.63, 3.8) is 0 Å². The number of Topliss-reactive ketones (excluding diaryl/α,β-unsaturated/α-hetero) is 1. The first-order valence-electron chi connectivity index (χ1n) is 9.81. The number of alkyl halides is 1. The van der Waals surface area contributed by atoms with Gasteiger partial charge in [-0.1, -0.05) is 41.6 Å². The van der Waals surface area contributed by atoms with E-state index in [4.69, 9.17) is 0 Å². The number of rotatable bonds is 6. The molecule has 0 aliphatic rings. The summed E-state index contributed by atoms with van der Waals surface area (Å²) in [7, 11) is 1.48. The molecule has 9 heteroatoms. The Morgan fingerprint density at radius 3 is 2.47 bits per heavy atom. The minimum absolute atomic E-state index is 0.110. The van der Waals surface area contributed by atoms with Gasteiger partial charge in [0.05, 0.1) is 11.2 Å². The number of nitrogens with one attached hydrogen (secondary N) is 2. The number of carbonyl (C=O) groups is 3. The fourth-order valence-electron chi connectivity index (χ4n) is 3.40. The largest absolute Gasteiger partial charge is 0.506 e. The molecule has 1 aromatic heterocycles. The number of hydrogen-bond donors (Lipinski definition) is 3. The predicted molar refractivity (Wildman–Crippen MR) is 132 cm³/mol. The minimum atomic E-state index is -0.835. The Balaban J connectivity index is 2.07. The summed E-state index contributed by atoms with van der Waals surface area (Å²) < 4.78 is 1.36. The van der Waals surface area contributed by atoms with Gasteiger partial charge in [0, 0.05) is 41.0 Å². The maximum absolute atomic E-state index is 13.0. The lowest BCUT2D eigenvalue weighted by atomic mass is 10.0. The second-order valence-electron chi connectivity index (χ2n) is 7.41. The number of nitrogens with zero attached hydrogens (tertiary/aromatic N) is 1. The van der Waals surface area contributed by atoms with Crippen molar-refractivity contribution >= 4 is 62.5 Å². The molecule has 0 aliphatic carbocycles. The van der Waals surface area contributed by atoms with Gasteiger partial charge in [-0.2, -0.15) is 0 Å². The Bertz CT molecular complexity index is 1300. The van der Waals surface area contributed by atoms with E-state index in [1.807, 2.05) is 6.92 Å². The van der Waals surface area contributed by atoms with Crippen molar-refractivity contribution in [3.8, 4) is 5.75 Å². The number of aryl methyl sites for hydroxylation is 1. The molecule has 3 N–H and O–H groups in total. The lowest BCUT2D eigenvalue weighted by molar-refractivity contribution is -0.114. The van der Waals surface area contributed by atoms with Crippen LogP contribution in [0, 0.1) is 0 Å². The summed E-state index contributed by atoms with van der Waals surface area (Å²) in [4.78, 5) is 49.9. The third-order valence-corrected chi connectivity index (χ3v) is 5.30. The van der Waals surface area contributed by atoms with Crippen LogP contribution < -0.4 is 16.2 Å². The second-order valence-corrected chi connectivity index (χ2v) is 9.54. The van der Waals surface area contributed by atoms with Crippen LogP contribution in [0.4, 0.5) is 11.4 Å². The molecule has 1 unspecified atom stereocenters. The van der Waals surface area contributed by atoms with Crippen LogP contribution in [-0.4, -0.2) is 31.2 Å². The van der Waals surface area contributed by atoms with Crippen LogP contribution in [0.5, 0.6) is 5.75 Å². The molecule has 2 aromatic carbocycles. The number of fused-ring (bicyclic) bond motifs is 1. The zero-order chi connectivity index (χ0) is 23.6. The summed E-state index contributed by atoms with van der Waals surface area (Å²) in [6.45, 7) is 3.26. The van der Waals surface area contributed by atoms with E-state index in [2.05, 4.69) is 33.2 Å². The molecular weight excluding hydrogens is 525 g/mol. The van der Waals surface area contributed by atoms with Crippen LogP contribution in [0.1, 0.15) is 41.0 Å². The molecule has 3 rings (SSSR count). The van der Waals surface area contributed by atoms with Gasteiger partial charge in [0.1, 0.15) is 11.3 Å². The maximum Gasteiger partial charge on any atom is 0.267 e. The van der Waals surface area contributed by atoms with Crippen LogP contribution in [0.2, 0.25) is 0 Å². The number of benzene rings is 2. The van der Waals surface area contributed by atoms with Crippen molar-refractivity contribution < 1.29 is 19.5 Å². The van der Waals surface area contributed by atoms with Crippen molar-refractivity contribution in [1.82, 2.24) is 4.57 Å². The van der Waals surface area contributed by atoms with Crippen molar-refractivity contribution in [1.29, 1.82) is 0 Å². The number of anilines is 2. The van der Waals surface area contributed by atoms with Gasteiger partial charge in [-0.3, -0.25) is 19.2 Å². The van der Waals surface area contributed by atoms with Crippen molar-refractivity contribution in [2.75, 3.05) is 10.6 Å². The SMILES string of the molecule is CC(=O)Nc1ccc2c(c1)c(O)c(C(=O)Nc1ccccc1C(=O)CC(C)I)c(=O)n2C. The highest BCUT2D eigenvalue weighted by Crippen LogP contribution is 2.29. The molecule has 0 aliphatic heterocycles. The Labute approximate surface area is 197 Å². The molecule has 0 fully saturated rings. The molecule has 1 heterocycles. The molecule has 0 saturated heterocycles. The number of aromatic hydroxyl groups is 1. The summed E-state index contributed by atoms with van der Waals surface area (Å²) in [5, 5.41) is 16.2. The van der Waals surface area contributed by atoms with E-state index in [1.165, 1.54) is 24.6 Å². The molecule has 2 amide bonds. The van der Waals surface area contributed by atoms with E-state index in [1.54, 1.807) is 36.4 Å². The number of hydrogen-bond acceptors (Lipinski definition) is 5. The highest BCUT2D eigenvalue weighted by molar-refractivity contribution is 14.1. The molecule has 0 radical (unpaired) electrons. The third-order valence-electron chi connectivity index (χ3n) is 4.86. The Hall–Kier alpha value is -3.21. The second kappa shape index (κ2) is 9.51. The average Bonchev–Trinajstić information content (AvgIpc) is 2.71. The Kier molecular flexibility index (Phi) is 6.97. The first kappa shape index (κ1) is 23.5. The number of amides is 2. The topological polar surface area (TPSA) is 118 Å². The fourth-order valence-corrected chi connectivity index (χ4v) is 3.80. The number of pyridine rings is 1. The minimum Gasteiger partial charge on any atom is -0.506 e. The number of carbonyl (C=O) groups excluding carboxylic acids is 3. The highest BCUT2D eigenvalue weighted by Gasteiger charge is 2.23. The fraction of sp³-hybridized carbons (Fsp3) is 0.217. The molecule has 0 bridgehead atoms. The molecule has 0 saturated carbocycles. The third kappa shape index (κ3) is 4.82. The zero-order valence-electron chi connectivity index (χ0n) is 17.7. The van der Waals surface area contributed by atoms with Crippen LogP contribution in [-0.2, 0) is 11.8 Å². The standard InChI is InChI=1S/C23H22IN3O5/c1-12(24)10-19(29)15-6-4-5-7-17(15)26-22(31)20-21(30)16-11-14(25-13(2)28)8-9-18(16)27(3)23(20)32/h4-9,11-12,30H,10H2,1-3H3,(H,25,28)(H,26,31). The average molecular weight is 547 g/mol. The summed E-state index contributed by atoms with van der Waals surface area (Å²) in [5.41, 5.74) is 0.246. The van der Waals surface area contributed by atoms with E-state index >= 15 is 0 Å². The molecule has 3 aromatic rings. The highest BCUT2D eigenvalue weighted by atomic mass is 127. The number of aromatic nitrogens is 1. The van der Waals surface area contributed by atoms with Gasteiger partial charge in [0.15, 0.2) is 5.78 Å². The van der Waals surface area contributed by atoms with E-state index in [0.29, 0.717) is 23.2 Å². The van der Waals surface area contributed by atoms with E-state index < -0.39 is 22.8 Å². The first-order chi connectivity index (χ1) is 15.1. The van der Waals surface area contributed by atoms with Crippen molar-refractivity contribution in [3.05, 3.63) is 63.9 Å². The molecule has 8 nitrogen and oxygen atoms in total. The zero-order valence-corrected chi connectivity index (χ0v) is 19.9. The van der Waals surface area contributed by atoms with Gasteiger partial charge in [0.25, 0.3) is 11.5 Å². The van der Waals surface area contributed by atoms with Gasteiger partial charge >= 0.3 is 0 Å². The number of ketones is 1. The molecule has 1 atom stereocenters. The van der Waals surface area contributed by atoms with Gasteiger partial charge in [0.2, 0.25) is 5.91 Å². The summed E-state index contributed by atoms with van der Waals surface area (Å²) >= 11 is 2.15. The van der Waals surface area contributed by atoms with Crippen LogP contribution in [0.3, 0.4) is 0 Å². The smallest absolute Gasteiger partial charge is 0.267 e. The summed E-state index contributed by atoms with van der Waals surface area (Å²) in [6, 6.07) is 11.2. The number of para-hydroxylation sites is 1. The Morgan fingerprint density at radius 1 is 1.12 bits per heavy atom. The van der Waals surface area contributed by atoms with Gasteiger partial charge in [-0.25, -0.2) is 0 Å². The summed E-state index contributed by atoms with van der Waals surface area (Å²) in [6.07, 6.45) is 0.294. The number of halogens is 1. The maximum atomic E-state index is 13.0. The van der Waals surface area contributed by atoms with Crippen LogP contribution in [0.25, 0.3) is 10.9 Å². The first-order valence-corrected chi connectivity index (χ1v) is 11.1. The van der Waals surface area contributed by atoms with Crippen molar-refractivity contribution in [2.24, 2.45) is 7.05 Å². The monoisotopic (exact) mass is 547 g/mol. The van der Waals surface area contributed by atoms with E-state index in [-0.39, 0.29) is 26.7 Å². The van der Waals surface area contributed by atoms with Crippen LogP contribution in [0.15, 0.2) is 47.3 Å². The molecular formula is C23H22IN3O5. The lowest BCUT2D eigenvalue weighted by Crippen LogP contribution is -2.28. The lowest BCUT2D eigenvalue weighted by Gasteiger charge is -2.14. The van der Waals surface area contributed by atoms with E-state index in [9.17, 15) is 24.3 Å². The quantitative estimate of drug-likeness (QED) is 0.246. The Morgan fingerprint density at radius 2 is 1.81 bits per heavy atom. The van der Waals surface area contributed by atoms with Gasteiger partial charge in [-0.05, 0) is 30.3 Å². The van der Waals surface area contributed by atoms with Gasteiger partial charge in [-0.15, -0.1) is 0 Å². The van der Waals surface area contributed by atoms with Crippen LogP contribution >= 0.6 is 22.6 Å². The molecule has 166 valence electrons.